The molecule has 0 aliphatic carbocycles. The second-order valence-corrected chi connectivity index (χ2v) is 9.39. The number of pyridine rings is 1. The maximum Gasteiger partial charge on any atom is 0.248 e. The Morgan fingerprint density at radius 2 is 1.78 bits per heavy atom. The van der Waals surface area contributed by atoms with Gasteiger partial charge in [-0.25, -0.2) is 4.98 Å². The number of carbonyl (C=O) groups excluding carboxylic acids is 1. The summed E-state index contributed by atoms with van der Waals surface area (Å²) in [6, 6.07) is 21.8. The highest BCUT2D eigenvalue weighted by molar-refractivity contribution is 7.13. The predicted octanol–water partition coefficient (Wildman–Crippen LogP) is 6.82. The lowest BCUT2D eigenvalue weighted by Crippen LogP contribution is -2.10. The molecule has 1 N–H and O–H groups in total. The van der Waals surface area contributed by atoms with Crippen molar-refractivity contribution >= 4 is 29.0 Å². The quantitative estimate of drug-likeness (QED) is 0.347. The molecule has 2 aromatic heterocycles. The Morgan fingerprint density at radius 1 is 0.969 bits per heavy atom. The molecule has 0 saturated heterocycles. The Hall–Kier alpha value is -3.57. The summed E-state index contributed by atoms with van der Waals surface area (Å²) in [7, 11) is 0. The number of amides is 1. The zero-order valence-corrected chi connectivity index (χ0v) is 19.2. The van der Waals surface area contributed by atoms with Crippen LogP contribution >= 0.6 is 11.3 Å². The van der Waals surface area contributed by atoms with Crippen LogP contribution in [0.25, 0.3) is 28.0 Å². The van der Waals surface area contributed by atoms with E-state index in [-0.39, 0.29) is 11.3 Å². The number of rotatable bonds is 5. The Labute approximate surface area is 192 Å². The SMILES string of the molecule is CC(C)(C)c1ccc(/C=C/C(=O)Nc2cccc(-c3csc(-c4ccccn4)n3)c2)cc1. The van der Waals surface area contributed by atoms with Crippen LogP contribution in [0.5, 0.6) is 0 Å². The van der Waals surface area contributed by atoms with Gasteiger partial charge in [-0.05, 0) is 46.9 Å². The van der Waals surface area contributed by atoms with Crippen molar-refractivity contribution in [3.05, 3.63) is 95.5 Å². The van der Waals surface area contributed by atoms with E-state index >= 15 is 0 Å². The molecule has 0 unspecified atom stereocenters. The smallest absolute Gasteiger partial charge is 0.248 e. The second kappa shape index (κ2) is 9.28. The first-order valence-corrected chi connectivity index (χ1v) is 11.3. The molecule has 5 heteroatoms. The highest BCUT2D eigenvalue weighted by atomic mass is 32.1. The third-order valence-electron chi connectivity index (χ3n) is 5.02. The van der Waals surface area contributed by atoms with Crippen molar-refractivity contribution in [3.63, 3.8) is 0 Å². The number of carbonyl (C=O) groups is 1. The Kier molecular flexibility index (Phi) is 6.28. The topological polar surface area (TPSA) is 54.9 Å². The maximum absolute atomic E-state index is 12.4. The molecule has 0 radical (unpaired) electrons. The molecule has 1 amide bonds. The zero-order chi connectivity index (χ0) is 22.6. The third-order valence-corrected chi connectivity index (χ3v) is 5.88. The lowest BCUT2D eigenvalue weighted by atomic mass is 9.87. The number of nitrogens with one attached hydrogen (secondary N) is 1. The average molecular weight is 440 g/mol. The van der Waals surface area contributed by atoms with E-state index in [0.717, 1.165) is 33.2 Å². The van der Waals surface area contributed by atoms with Gasteiger partial charge in [0.25, 0.3) is 0 Å². The number of anilines is 1. The van der Waals surface area contributed by atoms with Crippen LogP contribution in [0.15, 0.2) is 84.4 Å². The molecule has 0 fully saturated rings. The first-order chi connectivity index (χ1) is 15.4. The van der Waals surface area contributed by atoms with Gasteiger partial charge in [0.05, 0.1) is 11.4 Å². The molecule has 160 valence electrons. The van der Waals surface area contributed by atoms with E-state index in [1.54, 1.807) is 23.6 Å². The van der Waals surface area contributed by atoms with E-state index in [2.05, 4.69) is 43.2 Å². The molecule has 2 aromatic carbocycles. The average Bonchev–Trinajstić information content (AvgIpc) is 3.29. The first-order valence-electron chi connectivity index (χ1n) is 10.5. The van der Waals surface area contributed by atoms with Crippen molar-refractivity contribution in [1.29, 1.82) is 0 Å². The summed E-state index contributed by atoms with van der Waals surface area (Å²) in [4.78, 5) is 21.5. The van der Waals surface area contributed by atoms with Crippen LogP contribution < -0.4 is 5.32 Å². The van der Waals surface area contributed by atoms with Crippen molar-refractivity contribution in [1.82, 2.24) is 9.97 Å². The molecule has 4 nitrogen and oxygen atoms in total. The van der Waals surface area contributed by atoms with Gasteiger partial charge in [0.1, 0.15) is 5.01 Å². The van der Waals surface area contributed by atoms with Gasteiger partial charge in [-0.1, -0.05) is 63.2 Å². The predicted molar refractivity (Wildman–Crippen MR) is 134 cm³/mol. The zero-order valence-electron chi connectivity index (χ0n) is 18.4. The van der Waals surface area contributed by atoms with Gasteiger partial charge in [-0.2, -0.15) is 0 Å². The highest BCUT2D eigenvalue weighted by Gasteiger charge is 2.12. The molecule has 0 aliphatic rings. The lowest BCUT2D eigenvalue weighted by Gasteiger charge is -2.18. The van der Waals surface area contributed by atoms with E-state index < -0.39 is 0 Å². The molecule has 0 spiro atoms. The molecule has 0 aliphatic heterocycles. The fourth-order valence-electron chi connectivity index (χ4n) is 3.22. The molecule has 32 heavy (non-hydrogen) atoms. The summed E-state index contributed by atoms with van der Waals surface area (Å²) < 4.78 is 0. The van der Waals surface area contributed by atoms with Crippen LogP contribution in [-0.2, 0) is 10.2 Å². The fourth-order valence-corrected chi connectivity index (χ4v) is 4.02. The van der Waals surface area contributed by atoms with E-state index in [1.165, 1.54) is 5.56 Å². The van der Waals surface area contributed by atoms with Crippen molar-refractivity contribution in [2.45, 2.75) is 26.2 Å². The number of aromatic nitrogens is 2. The third kappa shape index (κ3) is 5.37. The van der Waals surface area contributed by atoms with Crippen molar-refractivity contribution < 1.29 is 4.79 Å². The van der Waals surface area contributed by atoms with E-state index in [4.69, 9.17) is 4.98 Å². The fraction of sp³-hybridized carbons (Fsp3) is 0.148. The Morgan fingerprint density at radius 3 is 2.50 bits per heavy atom. The van der Waals surface area contributed by atoms with Gasteiger partial charge in [0.2, 0.25) is 5.91 Å². The maximum atomic E-state index is 12.4. The number of nitrogens with zero attached hydrogens (tertiary/aromatic N) is 2. The van der Waals surface area contributed by atoms with Gasteiger partial charge in [0, 0.05) is 28.9 Å². The van der Waals surface area contributed by atoms with E-state index in [9.17, 15) is 4.79 Å². The van der Waals surface area contributed by atoms with Crippen LogP contribution in [-0.4, -0.2) is 15.9 Å². The minimum Gasteiger partial charge on any atom is -0.322 e. The molecule has 2 heterocycles. The van der Waals surface area contributed by atoms with Crippen LogP contribution in [0.3, 0.4) is 0 Å². The number of hydrogen-bond donors (Lipinski definition) is 1. The highest BCUT2D eigenvalue weighted by Crippen LogP contribution is 2.29. The van der Waals surface area contributed by atoms with Crippen LogP contribution in [0.1, 0.15) is 31.9 Å². The van der Waals surface area contributed by atoms with Gasteiger partial charge < -0.3 is 5.32 Å². The summed E-state index contributed by atoms with van der Waals surface area (Å²) in [5, 5.41) is 5.81. The van der Waals surface area contributed by atoms with E-state index in [0.29, 0.717) is 0 Å². The van der Waals surface area contributed by atoms with Crippen LogP contribution in [0, 0.1) is 0 Å². The monoisotopic (exact) mass is 439 g/mol. The van der Waals surface area contributed by atoms with Crippen LogP contribution in [0.2, 0.25) is 0 Å². The molecule has 0 saturated carbocycles. The standard InChI is InChI=1S/C27H25N3OS/c1-27(2,3)21-13-10-19(11-14-21)12-15-25(31)29-22-8-6-7-20(17-22)24-18-32-26(30-24)23-9-4-5-16-28-23/h4-18H,1-3H3,(H,29,31)/b15-12+. The minimum atomic E-state index is -0.172. The normalized spacial score (nSPS) is 11.6. The number of hydrogen-bond acceptors (Lipinski definition) is 4. The molecule has 4 aromatic rings. The minimum absolute atomic E-state index is 0.111. The van der Waals surface area contributed by atoms with Gasteiger partial charge in [-0.3, -0.25) is 9.78 Å². The first kappa shape index (κ1) is 21.7. The largest absolute Gasteiger partial charge is 0.322 e. The Balaban J connectivity index is 1.43. The molecular formula is C27H25N3OS. The van der Waals surface area contributed by atoms with E-state index in [1.807, 2.05) is 66.1 Å². The number of thiazole rings is 1. The molecule has 0 atom stereocenters. The summed E-state index contributed by atoms with van der Waals surface area (Å²) in [5.74, 6) is -0.172. The summed E-state index contributed by atoms with van der Waals surface area (Å²) in [5.41, 5.74) is 5.77. The van der Waals surface area contributed by atoms with Crippen molar-refractivity contribution in [2.24, 2.45) is 0 Å². The summed E-state index contributed by atoms with van der Waals surface area (Å²) in [6.45, 7) is 6.55. The second-order valence-electron chi connectivity index (χ2n) is 8.53. The molecule has 0 bridgehead atoms. The Bertz CT molecular complexity index is 1240. The van der Waals surface area contributed by atoms with Crippen molar-refractivity contribution in [3.8, 4) is 22.0 Å². The molecular weight excluding hydrogens is 414 g/mol. The lowest BCUT2D eigenvalue weighted by molar-refractivity contribution is -0.111. The van der Waals surface area contributed by atoms with Gasteiger partial charge in [-0.15, -0.1) is 11.3 Å². The molecule has 4 rings (SSSR count). The van der Waals surface area contributed by atoms with Gasteiger partial charge >= 0.3 is 0 Å². The van der Waals surface area contributed by atoms with Crippen LogP contribution in [0.4, 0.5) is 5.69 Å². The summed E-state index contributed by atoms with van der Waals surface area (Å²) >= 11 is 1.55. The summed E-state index contributed by atoms with van der Waals surface area (Å²) in [6.07, 6.45) is 5.14. The van der Waals surface area contributed by atoms with Crippen molar-refractivity contribution in [2.75, 3.05) is 5.32 Å². The number of benzene rings is 2. The van der Waals surface area contributed by atoms with Gasteiger partial charge in [0.15, 0.2) is 0 Å².